The largest absolute Gasteiger partial charge is 0.379 e. The molecule has 1 aliphatic heterocycles. The number of benzene rings is 1. The van der Waals surface area contributed by atoms with Gasteiger partial charge in [-0.15, -0.1) is 0 Å². The quantitative estimate of drug-likeness (QED) is 0.909. The van der Waals surface area contributed by atoms with Crippen LogP contribution in [0.4, 0.5) is 10.2 Å². The zero-order valence-corrected chi connectivity index (χ0v) is 12.9. The highest BCUT2D eigenvalue weighted by Crippen LogP contribution is 2.29. The van der Waals surface area contributed by atoms with Gasteiger partial charge in [-0.05, 0) is 42.9 Å². The molecule has 116 valence electrons. The summed E-state index contributed by atoms with van der Waals surface area (Å²) in [6.45, 7) is 1.79. The highest BCUT2D eigenvalue weighted by Gasteiger charge is 2.39. The first-order valence-electron chi connectivity index (χ1n) is 6.92. The van der Waals surface area contributed by atoms with E-state index >= 15 is 0 Å². The number of nitrogens with zero attached hydrogens (tertiary/aromatic N) is 2. The zero-order valence-electron chi connectivity index (χ0n) is 12.0. The molecule has 1 aliphatic rings. The summed E-state index contributed by atoms with van der Waals surface area (Å²) in [5.41, 5.74) is 0.157. The van der Waals surface area contributed by atoms with Crippen LogP contribution < -0.4 is 5.32 Å². The second-order valence-corrected chi connectivity index (χ2v) is 6.47. The minimum atomic E-state index is -1.32. The number of carbonyl (C=O) groups excluding carboxylic acids is 1. The van der Waals surface area contributed by atoms with Crippen molar-refractivity contribution in [1.29, 1.82) is 0 Å². The van der Waals surface area contributed by atoms with E-state index in [0.717, 1.165) is 17.0 Å². The molecule has 7 heteroatoms. The summed E-state index contributed by atoms with van der Waals surface area (Å²) >= 11 is 1.55. The number of aryl methyl sites for hydroxylation is 1. The van der Waals surface area contributed by atoms with Gasteiger partial charge in [-0.3, -0.25) is 4.79 Å². The van der Waals surface area contributed by atoms with Gasteiger partial charge in [0.05, 0.1) is 5.69 Å². The van der Waals surface area contributed by atoms with Gasteiger partial charge in [-0.2, -0.15) is 16.9 Å². The van der Waals surface area contributed by atoms with E-state index in [1.54, 1.807) is 41.7 Å². The van der Waals surface area contributed by atoms with Crippen molar-refractivity contribution >= 4 is 23.5 Å². The van der Waals surface area contributed by atoms with Crippen LogP contribution >= 0.6 is 11.8 Å². The Bertz CT molecular complexity index is 711. The van der Waals surface area contributed by atoms with Crippen LogP contribution in [0.1, 0.15) is 12.0 Å². The van der Waals surface area contributed by atoms with Gasteiger partial charge in [0.1, 0.15) is 5.82 Å². The van der Waals surface area contributed by atoms with Crippen LogP contribution in [0.15, 0.2) is 30.5 Å². The smallest absolute Gasteiger partial charge is 0.258 e. The second-order valence-electron chi connectivity index (χ2n) is 5.36. The first-order valence-corrected chi connectivity index (χ1v) is 8.07. The third-order valence-electron chi connectivity index (χ3n) is 3.66. The van der Waals surface area contributed by atoms with Crippen molar-refractivity contribution < 1.29 is 14.3 Å². The maximum Gasteiger partial charge on any atom is 0.258 e. The Morgan fingerprint density at radius 3 is 3.00 bits per heavy atom. The fourth-order valence-corrected chi connectivity index (χ4v) is 3.61. The summed E-state index contributed by atoms with van der Waals surface area (Å²) < 4.78 is 14.7. The van der Waals surface area contributed by atoms with Crippen LogP contribution in [0, 0.1) is 12.7 Å². The molecule has 0 aliphatic carbocycles. The molecule has 1 fully saturated rings. The fourth-order valence-electron chi connectivity index (χ4n) is 2.37. The lowest BCUT2D eigenvalue weighted by Gasteiger charge is -2.19. The van der Waals surface area contributed by atoms with Gasteiger partial charge < -0.3 is 10.4 Å². The molecule has 1 unspecified atom stereocenters. The van der Waals surface area contributed by atoms with Crippen LogP contribution in [0.25, 0.3) is 5.69 Å². The van der Waals surface area contributed by atoms with Gasteiger partial charge >= 0.3 is 0 Å². The maximum absolute atomic E-state index is 13.1. The molecule has 5 nitrogen and oxygen atoms in total. The third kappa shape index (κ3) is 2.86. The van der Waals surface area contributed by atoms with E-state index in [9.17, 15) is 14.3 Å². The van der Waals surface area contributed by atoms with Crippen molar-refractivity contribution in [3.8, 4) is 5.69 Å². The summed E-state index contributed by atoms with van der Waals surface area (Å²) in [6.07, 6.45) is 2.13. The van der Waals surface area contributed by atoms with E-state index in [-0.39, 0.29) is 5.82 Å². The maximum atomic E-state index is 13.1. The number of carbonyl (C=O) groups is 1. The lowest BCUT2D eigenvalue weighted by Crippen LogP contribution is -2.42. The van der Waals surface area contributed by atoms with Crippen LogP contribution in [-0.4, -0.2) is 37.9 Å². The second kappa shape index (κ2) is 5.73. The van der Waals surface area contributed by atoms with Crippen molar-refractivity contribution in [1.82, 2.24) is 9.78 Å². The molecule has 0 radical (unpaired) electrons. The molecule has 1 saturated heterocycles. The van der Waals surface area contributed by atoms with E-state index in [1.807, 2.05) is 0 Å². The average Bonchev–Trinajstić information content (AvgIpc) is 3.09. The summed E-state index contributed by atoms with van der Waals surface area (Å²) in [5.74, 6) is 0.796. The van der Waals surface area contributed by atoms with Gasteiger partial charge in [-0.1, -0.05) is 0 Å². The monoisotopic (exact) mass is 321 g/mol. The molecule has 1 aromatic heterocycles. The minimum absolute atomic E-state index is 0.303. The standard InChI is InChI=1S/C15H16FN3O2S/c1-10-8-11(16)2-3-12(10)19-6-4-13(18-19)17-14(20)15(21)5-7-22-9-15/h2-4,6,8,21H,5,7,9H2,1H3,(H,17,18,20). The molecule has 1 aromatic carbocycles. The molecule has 22 heavy (non-hydrogen) atoms. The Morgan fingerprint density at radius 1 is 1.50 bits per heavy atom. The van der Waals surface area contributed by atoms with Crippen molar-refractivity contribution in [3.63, 3.8) is 0 Å². The van der Waals surface area contributed by atoms with Crippen molar-refractivity contribution in [2.45, 2.75) is 18.9 Å². The van der Waals surface area contributed by atoms with Crippen molar-refractivity contribution in [3.05, 3.63) is 41.8 Å². The lowest BCUT2D eigenvalue weighted by atomic mass is 10.0. The highest BCUT2D eigenvalue weighted by molar-refractivity contribution is 7.99. The van der Waals surface area contributed by atoms with E-state index in [4.69, 9.17) is 0 Å². The molecule has 0 saturated carbocycles. The molecule has 0 bridgehead atoms. The topological polar surface area (TPSA) is 67.2 Å². The lowest BCUT2D eigenvalue weighted by molar-refractivity contribution is -0.131. The first-order chi connectivity index (χ1) is 10.5. The molecular weight excluding hydrogens is 305 g/mol. The number of hydrogen-bond donors (Lipinski definition) is 2. The van der Waals surface area contributed by atoms with Crippen molar-refractivity contribution in [2.75, 3.05) is 16.8 Å². The van der Waals surface area contributed by atoms with E-state index in [2.05, 4.69) is 10.4 Å². The number of aliphatic hydroxyl groups is 1. The molecular formula is C15H16FN3O2S. The molecule has 0 spiro atoms. The molecule has 2 N–H and O–H groups in total. The SMILES string of the molecule is Cc1cc(F)ccc1-n1ccc(NC(=O)C2(O)CCSC2)n1. The van der Waals surface area contributed by atoms with Crippen LogP contribution in [-0.2, 0) is 4.79 Å². The van der Waals surface area contributed by atoms with E-state index in [0.29, 0.717) is 18.0 Å². The number of rotatable bonds is 3. The number of thioether (sulfide) groups is 1. The van der Waals surface area contributed by atoms with Gasteiger partial charge in [0.2, 0.25) is 0 Å². The Balaban J connectivity index is 1.78. The van der Waals surface area contributed by atoms with Crippen molar-refractivity contribution in [2.24, 2.45) is 0 Å². The number of aromatic nitrogens is 2. The molecule has 3 rings (SSSR count). The molecule has 2 aromatic rings. The summed E-state index contributed by atoms with van der Waals surface area (Å²) in [4.78, 5) is 12.1. The molecule has 1 amide bonds. The number of nitrogens with one attached hydrogen (secondary N) is 1. The predicted molar refractivity (Wildman–Crippen MR) is 83.8 cm³/mol. The molecule has 2 heterocycles. The molecule has 1 atom stereocenters. The third-order valence-corrected chi connectivity index (χ3v) is 4.83. The number of halogens is 1. The van der Waals surface area contributed by atoms with Gasteiger partial charge in [0.15, 0.2) is 11.4 Å². The Morgan fingerprint density at radius 2 is 2.32 bits per heavy atom. The fraction of sp³-hybridized carbons (Fsp3) is 0.333. The number of hydrogen-bond acceptors (Lipinski definition) is 4. The average molecular weight is 321 g/mol. The van der Waals surface area contributed by atoms with Gasteiger partial charge in [0.25, 0.3) is 5.91 Å². The first kappa shape index (κ1) is 15.1. The Labute approximate surface area is 131 Å². The van der Waals surface area contributed by atoms with Gasteiger partial charge in [0, 0.05) is 18.0 Å². The van der Waals surface area contributed by atoms with Crippen LogP contribution in [0.5, 0.6) is 0 Å². The summed E-state index contributed by atoms with van der Waals surface area (Å²) in [6, 6.07) is 6.06. The van der Waals surface area contributed by atoms with E-state index < -0.39 is 11.5 Å². The predicted octanol–water partition coefficient (Wildman–Crippen LogP) is 2.13. The Kier molecular flexibility index (Phi) is 3.92. The van der Waals surface area contributed by atoms with Gasteiger partial charge in [-0.25, -0.2) is 9.07 Å². The number of amides is 1. The summed E-state index contributed by atoms with van der Waals surface area (Å²) in [5, 5.41) is 17.1. The minimum Gasteiger partial charge on any atom is -0.379 e. The van der Waals surface area contributed by atoms with Crippen LogP contribution in [0.3, 0.4) is 0 Å². The zero-order chi connectivity index (χ0) is 15.7. The number of anilines is 1. The Hall–Kier alpha value is -1.86. The normalized spacial score (nSPS) is 21.0. The highest BCUT2D eigenvalue weighted by atomic mass is 32.2. The summed E-state index contributed by atoms with van der Waals surface area (Å²) in [7, 11) is 0. The van der Waals surface area contributed by atoms with Crippen LogP contribution in [0.2, 0.25) is 0 Å². The van der Waals surface area contributed by atoms with E-state index in [1.165, 1.54) is 12.1 Å².